The fourth-order valence-electron chi connectivity index (χ4n) is 2.45. The molecule has 0 aliphatic rings. The Morgan fingerprint density at radius 2 is 1.65 bits per heavy atom. The fourth-order valence-corrected chi connectivity index (χ4v) is 2.45. The van der Waals surface area contributed by atoms with Crippen molar-refractivity contribution in [3.63, 3.8) is 0 Å². The van der Waals surface area contributed by atoms with Crippen molar-refractivity contribution in [3.05, 3.63) is 82.4 Å². The van der Waals surface area contributed by atoms with E-state index < -0.39 is 4.92 Å². The van der Waals surface area contributed by atoms with Gasteiger partial charge in [0, 0.05) is 23.2 Å². The Balaban J connectivity index is 1.75. The van der Waals surface area contributed by atoms with Gasteiger partial charge in [-0.15, -0.1) is 0 Å². The number of nitro groups is 1. The Kier molecular flexibility index (Phi) is 4.01. The fraction of sp³-hybridized carbons (Fsp3) is 0.0556. The molecule has 3 aromatic carbocycles. The highest BCUT2D eigenvalue weighted by Crippen LogP contribution is 2.23. The molecule has 23 heavy (non-hydrogen) atoms. The van der Waals surface area contributed by atoms with E-state index in [1.54, 1.807) is 12.1 Å². The number of rotatable bonds is 4. The maximum absolute atomic E-state index is 12.2. The molecule has 3 aromatic rings. The minimum Gasteiger partial charge on any atom is -0.325 e. The van der Waals surface area contributed by atoms with E-state index in [0.29, 0.717) is 0 Å². The maximum atomic E-state index is 12.2. The van der Waals surface area contributed by atoms with Crippen molar-refractivity contribution in [3.8, 4) is 0 Å². The van der Waals surface area contributed by atoms with E-state index in [1.807, 2.05) is 42.5 Å². The molecular weight excluding hydrogens is 292 g/mol. The zero-order valence-corrected chi connectivity index (χ0v) is 12.2. The third kappa shape index (κ3) is 3.35. The van der Waals surface area contributed by atoms with Gasteiger partial charge in [-0.2, -0.15) is 0 Å². The summed E-state index contributed by atoms with van der Waals surface area (Å²) in [6, 6.07) is 19.6. The number of benzene rings is 3. The molecule has 0 heterocycles. The highest BCUT2D eigenvalue weighted by atomic mass is 16.6. The second kappa shape index (κ2) is 6.27. The first kappa shape index (κ1) is 14.7. The van der Waals surface area contributed by atoms with E-state index in [1.165, 1.54) is 12.1 Å². The molecule has 0 atom stereocenters. The van der Waals surface area contributed by atoms with Crippen molar-refractivity contribution in [1.82, 2.24) is 0 Å². The molecule has 0 radical (unpaired) electrons. The van der Waals surface area contributed by atoms with E-state index in [2.05, 4.69) is 5.32 Å². The number of hydrogen-bond acceptors (Lipinski definition) is 3. The van der Waals surface area contributed by atoms with Crippen molar-refractivity contribution < 1.29 is 9.72 Å². The Morgan fingerprint density at radius 1 is 0.957 bits per heavy atom. The molecule has 0 saturated carbocycles. The lowest BCUT2D eigenvalue weighted by atomic mass is 10.1. The highest BCUT2D eigenvalue weighted by Gasteiger charge is 2.09. The lowest BCUT2D eigenvalue weighted by molar-refractivity contribution is -0.384. The second-order valence-electron chi connectivity index (χ2n) is 5.18. The monoisotopic (exact) mass is 306 g/mol. The van der Waals surface area contributed by atoms with Gasteiger partial charge >= 0.3 is 0 Å². The Bertz CT molecular complexity index is 868. The summed E-state index contributed by atoms with van der Waals surface area (Å²) in [4.78, 5) is 22.4. The maximum Gasteiger partial charge on any atom is 0.269 e. The average Bonchev–Trinajstić information content (AvgIpc) is 2.55. The van der Waals surface area contributed by atoms with Crippen molar-refractivity contribution in [2.24, 2.45) is 0 Å². The second-order valence-corrected chi connectivity index (χ2v) is 5.18. The third-order valence-electron chi connectivity index (χ3n) is 3.58. The molecule has 0 unspecified atom stereocenters. The summed E-state index contributed by atoms with van der Waals surface area (Å²) in [7, 11) is 0. The van der Waals surface area contributed by atoms with Gasteiger partial charge in [-0.05, 0) is 17.0 Å². The van der Waals surface area contributed by atoms with Gasteiger partial charge in [0.1, 0.15) is 0 Å². The molecule has 0 aliphatic heterocycles. The summed E-state index contributed by atoms with van der Waals surface area (Å²) in [6.07, 6.45) is 0.168. The normalized spacial score (nSPS) is 10.4. The lowest BCUT2D eigenvalue weighted by Gasteiger charge is -2.08. The van der Waals surface area contributed by atoms with Gasteiger partial charge < -0.3 is 5.32 Å². The molecule has 5 nitrogen and oxygen atoms in total. The molecule has 0 aromatic heterocycles. The minimum atomic E-state index is -0.458. The van der Waals surface area contributed by atoms with Crippen molar-refractivity contribution in [1.29, 1.82) is 0 Å². The molecule has 5 heteroatoms. The molecule has 0 spiro atoms. The molecule has 0 bridgehead atoms. The summed E-state index contributed by atoms with van der Waals surface area (Å²) >= 11 is 0. The number of anilines is 1. The number of nitrogens with zero attached hydrogens (tertiary/aromatic N) is 1. The van der Waals surface area contributed by atoms with E-state index in [-0.39, 0.29) is 18.0 Å². The quantitative estimate of drug-likeness (QED) is 0.586. The van der Waals surface area contributed by atoms with Gasteiger partial charge in [0.25, 0.3) is 5.69 Å². The molecule has 3 rings (SSSR count). The number of amides is 1. The van der Waals surface area contributed by atoms with Crippen LogP contribution < -0.4 is 5.32 Å². The molecule has 0 saturated heterocycles. The molecular formula is C18H14N2O3. The summed E-state index contributed by atoms with van der Waals surface area (Å²) in [5, 5.41) is 15.6. The van der Waals surface area contributed by atoms with E-state index in [0.717, 1.165) is 22.0 Å². The summed E-state index contributed by atoms with van der Waals surface area (Å²) in [5.41, 5.74) is 1.51. The van der Waals surface area contributed by atoms with Gasteiger partial charge in [0.15, 0.2) is 0 Å². The predicted octanol–water partition coefficient (Wildman–Crippen LogP) is 3.93. The first-order valence-corrected chi connectivity index (χ1v) is 7.14. The Morgan fingerprint density at radius 3 is 2.39 bits per heavy atom. The first-order valence-electron chi connectivity index (χ1n) is 7.14. The van der Waals surface area contributed by atoms with Crippen LogP contribution in [0.25, 0.3) is 10.8 Å². The number of nitrogens with one attached hydrogen (secondary N) is 1. The SMILES string of the molecule is O=C(Cc1ccc([N+](=O)[O-])cc1)Nc1cccc2ccccc12. The highest BCUT2D eigenvalue weighted by molar-refractivity contribution is 6.02. The third-order valence-corrected chi connectivity index (χ3v) is 3.58. The van der Waals surface area contributed by atoms with E-state index in [4.69, 9.17) is 0 Å². The van der Waals surface area contributed by atoms with Crippen LogP contribution >= 0.6 is 0 Å². The lowest BCUT2D eigenvalue weighted by Crippen LogP contribution is -2.14. The van der Waals surface area contributed by atoms with Crippen molar-refractivity contribution in [2.45, 2.75) is 6.42 Å². The van der Waals surface area contributed by atoms with Crippen LogP contribution in [0.5, 0.6) is 0 Å². The predicted molar refractivity (Wildman–Crippen MR) is 89.4 cm³/mol. The van der Waals surface area contributed by atoms with Crippen LogP contribution in [0, 0.1) is 10.1 Å². The Hall–Kier alpha value is -3.21. The van der Waals surface area contributed by atoms with Crippen molar-refractivity contribution >= 4 is 28.1 Å². The number of carbonyl (C=O) groups is 1. The topological polar surface area (TPSA) is 72.2 Å². The van der Waals surface area contributed by atoms with Crippen LogP contribution in [-0.2, 0) is 11.2 Å². The number of nitro benzene ring substituents is 1. The van der Waals surface area contributed by atoms with Gasteiger partial charge in [0.05, 0.1) is 11.3 Å². The largest absolute Gasteiger partial charge is 0.325 e. The van der Waals surface area contributed by atoms with Gasteiger partial charge in [-0.1, -0.05) is 48.5 Å². The molecule has 0 fully saturated rings. The average molecular weight is 306 g/mol. The summed E-state index contributed by atoms with van der Waals surface area (Å²) < 4.78 is 0. The number of carbonyl (C=O) groups excluding carboxylic acids is 1. The molecule has 114 valence electrons. The van der Waals surface area contributed by atoms with Gasteiger partial charge in [0.2, 0.25) is 5.91 Å². The van der Waals surface area contributed by atoms with Crippen LogP contribution in [0.3, 0.4) is 0 Å². The number of non-ortho nitro benzene ring substituents is 1. The number of fused-ring (bicyclic) bond motifs is 1. The smallest absolute Gasteiger partial charge is 0.269 e. The van der Waals surface area contributed by atoms with E-state index in [9.17, 15) is 14.9 Å². The van der Waals surface area contributed by atoms with Crippen molar-refractivity contribution in [2.75, 3.05) is 5.32 Å². The number of hydrogen-bond donors (Lipinski definition) is 1. The molecule has 1 amide bonds. The van der Waals surface area contributed by atoms with E-state index >= 15 is 0 Å². The van der Waals surface area contributed by atoms with Crippen LogP contribution in [0.4, 0.5) is 11.4 Å². The molecule has 1 N–H and O–H groups in total. The summed E-state index contributed by atoms with van der Waals surface area (Å²) in [6.45, 7) is 0. The standard InChI is InChI=1S/C18H14N2O3/c21-18(12-13-8-10-15(11-9-13)20(22)23)19-17-7-3-5-14-4-1-2-6-16(14)17/h1-11H,12H2,(H,19,21). The van der Waals surface area contributed by atoms with Crippen LogP contribution in [-0.4, -0.2) is 10.8 Å². The Labute approximate surface area is 132 Å². The zero-order chi connectivity index (χ0) is 16.2. The van der Waals surface area contributed by atoms with Crippen LogP contribution in [0.2, 0.25) is 0 Å². The van der Waals surface area contributed by atoms with Crippen LogP contribution in [0.1, 0.15) is 5.56 Å². The van der Waals surface area contributed by atoms with Gasteiger partial charge in [-0.25, -0.2) is 0 Å². The first-order chi connectivity index (χ1) is 11.1. The van der Waals surface area contributed by atoms with Crippen LogP contribution in [0.15, 0.2) is 66.7 Å². The zero-order valence-electron chi connectivity index (χ0n) is 12.2. The summed E-state index contributed by atoms with van der Waals surface area (Å²) in [5.74, 6) is -0.157. The van der Waals surface area contributed by atoms with Gasteiger partial charge in [-0.3, -0.25) is 14.9 Å². The minimum absolute atomic E-state index is 0.0169. The molecule has 0 aliphatic carbocycles.